The Labute approximate surface area is 312 Å². The number of aromatic nitrogens is 2. The summed E-state index contributed by atoms with van der Waals surface area (Å²) in [6, 6.07) is 16.1. The molecule has 9 rings (SSSR count). The number of rotatable bonds is 9. The Morgan fingerprint density at radius 3 is 2.51 bits per heavy atom. The first-order valence-electron chi connectivity index (χ1n) is 18.5. The summed E-state index contributed by atoms with van der Waals surface area (Å²) in [5, 5.41) is 22.7. The van der Waals surface area contributed by atoms with Crippen molar-refractivity contribution in [2.24, 2.45) is 5.92 Å². The van der Waals surface area contributed by atoms with Crippen molar-refractivity contribution in [2.45, 2.75) is 70.7 Å². The molecule has 2 saturated heterocycles. The highest BCUT2D eigenvalue weighted by Gasteiger charge is 2.38. The van der Waals surface area contributed by atoms with Crippen LogP contribution >= 0.6 is 11.6 Å². The molecule has 2 aliphatic heterocycles. The Morgan fingerprint density at radius 2 is 1.75 bits per heavy atom. The smallest absolute Gasteiger partial charge is 0.314 e. The summed E-state index contributed by atoms with van der Waals surface area (Å²) < 4.78 is 18.5. The first-order valence-corrected chi connectivity index (χ1v) is 18.9. The van der Waals surface area contributed by atoms with Gasteiger partial charge in [-0.25, -0.2) is 4.98 Å². The van der Waals surface area contributed by atoms with Crippen molar-refractivity contribution in [3.05, 3.63) is 97.0 Å². The van der Waals surface area contributed by atoms with Gasteiger partial charge in [0.2, 0.25) is 23.2 Å². The fourth-order valence-corrected chi connectivity index (χ4v) is 9.33. The molecule has 1 unspecified atom stereocenters. The maximum Gasteiger partial charge on any atom is 0.314 e. The van der Waals surface area contributed by atoms with Gasteiger partial charge in [-0.3, -0.25) is 19.9 Å². The number of β-amino-alcohol motifs (C(OH)–C–C–N with tert-alkyl or cyclic N) is 1. The normalized spacial score (nSPS) is 21.6. The van der Waals surface area contributed by atoms with Crippen LogP contribution in [0.2, 0.25) is 5.02 Å². The molecule has 0 amide bonds. The molecule has 2 aromatic heterocycles. The van der Waals surface area contributed by atoms with Crippen LogP contribution < -0.4 is 9.47 Å². The predicted octanol–water partition coefficient (Wildman–Crippen LogP) is 8.01. The van der Waals surface area contributed by atoms with E-state index in [1.165, 1.54) is 5.56 Å². The number of nitro benzene ring substituents is 1. The highest BCUT2D eigenvalue weighted by Crippen LogP contribution is 2.47. The molecule has 0 spiro atoms. The summed E-state index contributed by atoms with van der Waals surface area (Å²) in [5.41, 5.74) is 9.99. The molecule has 2 aliphatic carbocycles. The summed E-state index contributed by atoms with van der Waals surface area (Å²) in [5.74, 6) is 1.84. The van der Waals surface area contributed by atoms with Gasteiger partial charge in [0.05, 0.1) is 18.1 Å². The number of non-ortho nitro benzene ring substituents is 1. The number of halogens is 1. The quantitative estimate of drug-likeness (QED) is 0.118. The zero-order valence-electron chi connectivity index (χ0n) is 30.1. The molecular weight excluding hydrogens is 694 g/mol. The molecule has 0 radical (unpaired) electrons. The van der Waals surface area contributed by atoms with E-state index in [0.717, 1.165) is 96.2 Å². The van der Waals surface area contributed by atoms with Gasteiger partial charge < -0.3 is 19.0 Å². The van der Waals surface area contributed by atoms with E-state index in [9.17, 15) is 15.2 Å². The zero-order chi connectivity index (χ0) is 36.5. The number of aliphatic hydroxyl groups excluding tert-OH is 1. The third-order valence-corrected chi connectivity index (χ3v) is 12.0. The van der Waals surface area contributed by atoms with Gasteiger partial charge >= 0.3 is 5.69 Å². The fraction of sp³-hybridized carbons (Fsp3) is 0.415. The van der Waals surface area contributed by atoms with Gasteiger partial charge in [0.25, 0.3) is 0 Å². The zero-order valence-corrected chi connectivity index (χ0v) is 30.9. The number of likely N-dealkylation sites (tertiary alicyclic amines) is 2. The predicted molar refractivity (Wildman–Crippen MR) is 201 cm³/mol. The van der Waals surface area contributed by atoms with Crippen LogP contribution in [0.1, 0.15) is 71.7 Å². The molecule has 53 heavy (non-hydrogen) atoms. The van der Waals surface area contributed by atoms with E-state index in [-0.39, 0.29) is 34.4 Å². The number of ether oxygens (including phenoxy) is 2. The summed E-state index contributed by atoms with van der Waals surface area (Å²) >= 11 is 6.76. The number of oxazole rings is 1. The number of methoxy groups -OCH3 is 1. The molecule has 4 aliphatic rings. The van der Waals surface area contributed by atoms with Crippen LogP contribution in [0.15, 0.2) is 52.9 Å². The van der Waals surface area contributed by atoms with E-state index in [4.69, 9.17) is 30.5 Å². The Morgan fingerprint density at radius 1 is 0.981 bits per heavy atom. The van der Waals surface area contributed by atoms with E-state index < -0.39 is 0 Å². The number of aryl methyl sites for hydroxylation is 1. The Kier molecular flexibility index (Phi) is 8.65. The second-order valence-corrected chi connectivity index (χ2v) is 15.6. The van der Waals surface area contributed by atoms with Gasteiger partial charge in [-0.15, -0.1) is 0 Å². The topological polar surface area (TPSA) is 127 Å². The molecule has 274 valence electrons. The largest absolute Gasteiger partial charge is 0.481 e. The standard InChI is InChI=1S/C41H42ClN5O6/c1-22-18-46(19-22)34-12-10-31-32(34)17-35(47(49)50)38-37(31)43-40(53-38)27-7-4-6-26(23(27)2)28-8-5-9-30-29(28)11-13-36(30)52-41-33(42)16-24(39(44-41)51-3)20-45-15-14-25(48)21-45/h4-9,16-17,22,25,34,36,48H,10-15,18-21H2,1-3H3/t25-,34?,36+/m1/s1. The average Bonchev–Trinajstić information content (AvgIpc) is 3.94. The summed E-state index contributed by atoms with van der Waals surface area (Å²) in [4.78, 5) is 26.3. The van der Waals surface area contributed by atoms with Crippen LogP contribution in [0.5, 0.6) is 11.8 Å². The van der Waals surface area contributed by atoms with Gasteiger partial charge in [0, 0.05) is 56.0 Å². The number of aliphatic hydroxyl groups is 1. The van der Waals surface area contributed by atoms with Crippen molar-refractivity contribution in [1.29, 1.82) is 0 Å². The first-order chi connectivity index (χ1) is 25.7. The Balaban J connectivity index is 1.02. The number of benzene rings is 3. The van der Waals surface area contributed by atoms with E-state index in [2.05, 4.69) is 46.8 Å². The van der Waals surface area contributed by atoms with Gasteiger partial charge in [0.15, 0.2) is 0 Å². The minimum Gasteiger partial charge on any atom is -0.481 e. The molecule has 3 aromatic carbocycles. The minimum atomic E-state index is -0.339. The molecule has 11 nitrogen and oxygen atoms in total. The summed E-state index contributed by atoms with van der Waals surface area (Å²) in [6.07, 6.45) is 3.52. The van der Waals surface area contributed by atoms with Crippen LogP contribution in [0.4, 0.5) is 5.69 Å². The number of nitro groups is 1. The average molecular weight is 736 g/mol. The molecule has 0 bridgehead atoms. The lowest BCUT2D eigenvalue weighted by Crippen LogP contribution is -2.46. The van der Waals surface area contributed by atoms with Gasteiger partial charge in [0.1, 0.15) is 16.6 Å². The first kappa shape index (κ1) is 34.2. The molecule has 12 heteroatoms. The number of nitrogens with zero attached hydrogens (tertiary/aromatic N) is 5. The SMILES string of the molecule is COc1nc(O[C@H]2CCc3c(-c4cccc(-c5nc6c7c(cc([N+](=O)[O-])c6o5)C(N5CC(C)C5)CC7)c4C)cccc32)c(Cl)cc1CN1CC[C@@H](O)C1. The van der Waals surface area contributed by atoms with Crippen LogP contribution in [0.25, 0.3) is 33.7 Å². The van der Waals surface area contributed by atoms with E-state index in [0.29, 0.717) is 47.2 Å². The minimum absolute atomic E-state index is 0.0213. The van der Waals surface area contributed by atoms with Crippen LogP contribution in [0, 0.1) is 23.0 Å². The van der Waals surface area contributed by atoms with Gasteiger partial charge in [-0.05, 0) is 96.0 Å². The number of hydrogen-bond acceptors (Lipinski definition) is 10. The van der Waals surface area contributed by atoms with E-state index in [1.54, 1.807) is 13.2 Å². The van der Waals surface area contributed by atoms with Gasteiger partial charge in [-0.2, -0.15) is 4.98 Å². The molecule has 5 aromatic rings. The molecule has 2 fully saturated rings. The van der Waals surface area contributed by atoms with Crippen molar-refractivity contribution < 1.29 is 23.9 Å². The van der Waals surface area contributed by atoms with E-state index >= 15 is 0 Å². The van der Waals surface area contributed by atoms with Crippen molar-refractivity contribution >= 4 is 28.4 Å². The fourth-order valence-electron chi connectivity index (χ4n) is 9.11. The van der Waals surface area contributed by atoms with Crippen molar-refractivity contribution in [3.63, 3.8) is 0 Å². The molecular formula is C41H42ClN5O6. The van der Waals surface area contributed by atoms with E-state index in [1.807, 2.05) is 24.3 Å². The summed E-state index contributed by atoms with van der Waals surface area (Å²) in [7, 11) is 1.59. The number of hydrogen-bond donors (Lipinski definition) is 1. The summed E-state index contributed by atoms with van der Waals surface area (Å²) in [6.45, 7) is 8.33. The molecule has 3 atom stereocenters. The second kappa shape index (κ2) is 13.4. The Bertz CT molecular complexity index is 2270. The highest BCUT2D eigenvalue weighted by atomic mass is 35.5. The van der Waals surface area contributed by atoms with Gasteiger partial charge in [-0.1, -0.05) is 48.9 Å². The second-order valence-electron chi connectivity index (χ2n) is 15.1. The van der Waals surface area contributed by atoms with Crippen molar-refractivity contribution in [3.8, 4) is 34.3 Å². The molecule has 4 heterocycles. The van der Waals surface area contributed by atoms with Crippen LogP contribution in [-0.2, 0) is 19.4 Å². The number of fused-ring (bicyclic) bond motifs is 4. The molecule has 0 saturated carbocycles. The van der Waals surface area contributed by atoms with Crippen LogP contribution in [0.3, 0.4) is 0 Å². The number of pyridine rings is 1. The third kappa shape index (κ3) is 5.94. The molecule has 1 N–H and O–H groups in total. The lowest BCUT2D eigenvalue weighted by atomic mass is 9.91. The van der Waals surface area contributed by atoms with Crippen LogP contribution in [-0.4, -0.2) is 69.2 Å². The van der Waals surface area contributed by atoms with Crippen molar-refractivity contribution in [2.75, 3.05) is 33.3 Å². The van der Waals surface area contributed by atoms with Crippen molar-refractivity contribution in [1.82, 2.24) is 19.8 Å². The maximum atomic E-state index is 12.3. The Hall–Kier alpha value is -4.55. The maximum absolute atomic E-state index is 12.3. The highest BCUT2D eigenvalue weighted by molar-refractivity contribution is 6.31. The third-order valence-electron chi connectivity index (χ3n) is 11.7. The lowest BCUT2D eigenvalue weighted by molar-refractivity contribution is -0.383. The monoisotopic (exact) mass is 735 g/mol. The lowest BCUT2D eigenvalue weighted by Gasteiger charge is -2.42.